The Bertz CT molecular complexity index is 616. The normalized spacial score (nSPS) is 11.8. The maximum atomic E-state index is 11.9. The fraction of sp³-hybridized carbons (Fsp3) is 0.188. The largest absolute Gasteiger partial charge is 0.484 e. The van der Waals surface area contributed by atoms with Crippen LogP contribution in [-0.4, -0.2) is 12.5 Å². The number of hydrogen-bond donors (Lipinski definition) is 1. The number of amides is 1. The second kappa shape index (κ2) is 7.48. The third-order valence-corrected chi connectivity index (χ3v) is 3.91. The van der Waals surface area contributed by atoms with Crippen LogP contribution in [0.25, 0.3) is 0 Å². The van der Waals surface area contributed by atoms with Gasteiger partial charge in [0.2, 0.25) is 0 Å². The molecule has 0 spiro atoms. The van der Waals surface area contributed by atoms with Crippen LogP contribution in [0.5, 0.6) is 5.75 Å². The number of nitrogens with one attached hydrogen (secondary N) is 1. The van der Waals surface area contributed by atoms with Crippen LogP contribution in [0.2, 0.25) is 5.02 Å². The van der Waals surface area contributed by atoms with Gasteiger partial charge in [0.25, 0.3) is 5.91 Å². The van der Waals surface area contributed by atoms with Crippen LogP contribution < -0.4 is 10.1 Å². The van der Waals surface area contributed by atoms with Crippen LogP contribution in [0, 0.1) is 0 Å². The van der Waals surface area contributed by atoms with Crippen molar-refractivity contribution >= 4 is 33.4 Å². The Morgan fingerprint density at radius 2 is 1.90 bits per heavy atom. The molecule has 0 fully saturated rings. The predicted molar refractivity (Wildman–Crippen MR) is 87.6 cm³/mol. The van der Waals surface area contributed by atoms with Crippen molar-refractivity contribution in [1.29, 1.82) is 0 Å². The number of benzene rings is 2. The maximum Gasteiger partial charge on any atom is 0.258 e. The molecule has 5 heteroatoms. The van der Waals surface area contributed by atoms with Crippen molar-refractivity contribution in [3.63, 3.8) is 0 Å². The Morgan fingerprint density at radius 1 is 1.24 bits per heavy atom. The molecule has 1 amide bonds. The van der Waals surface area contributed by atoms with Crippen molar-refractivity contribution in [2.75, 3.05) is 6.61 Å². The van der Waals surface area contributed by atoms with E-state index in [1.165, 1.54) is 0 Å². The monoisotopic (exact) mass is 367 g/mol. The topological polar surface area (TPSA) is 38.3 Å². The molecule has 0 heterocycles. The summed E-state index contributed by atoms with van der Waals surface area (Å²) in [5, 5.41) is 3.53. The van der Waals surface area contributed by atoms with Gasteiger partial charge in [-0.25, -0.2) is 0 Å². The van der Waals surface area contributed by atoms with Gasteiger partial charge >= 0.3 is 0 Å². The second-order valence-electron chi connectivity index (χ2n) is 4.55. The van der Waals surface area contributed by atoms with E-state index in [0.717, 1.165) is 10.0 Å². The lowest BCUT2D eigenvalue weighted by molar-refractivity contribution is -0.123. The van der Waals surface area contributed by atoms with Gasteiger partial charge in [0, 0.05) is 9.50 Å². The molecule has 1 N–H and O–H groups in total. The van der Waals surface area contributed by atoms with Crippen molar-refractivity contribution in [3.8, 4) is 5.75 Å². The lowest BCUT2D eigenvalue weighted by Gasteiger charge is -2.16. The zero-order valence-electron chi connectivity index (χ0n) is 11.5. The summed E-state index contributed by atoms with van der Waals surface area (Å²) in [6.07, 6.45) is 0. The number of rotatable bonds is 5. The summed E-state index contributed by atoms with van der Waals surface area (Å²) in [7, 11) is 0. The minimum Gasteiger partial charge on any atom is -0.484 e. The van der Waals surface area contributed by atoms with Crippen LogP contribution in [0.15, 0.2) is 53.0 Å². The average Bonchev–Trinajstić information content (AvgIpc) is 2.47. The zero-order chi connectivity index (χ0) is 15.2. The SMILES string of the molecule is C[C@@H](NC(=O)COc1ccc(Cl)cc1)c1ccccc1Br. The highest BCUT2D eigenvalue weighted by Gasteiger charge is 2.12. The molecule has 0 aliphatic rings. The van der Waals surface area contributed by atoms with Crippen molar-refractivity contribution in [3.05, 3.63) is 63.6 Å². The van der Waals surface area contributed by atoms with E-state index in [1.807, 2.05) is 31.2 Å². The average molecular weight is 369 g/mol. The van der Waals surface area contributed by atoms with Crippen molar-refractivity contribution in [2.45, 2.75) is 13.0 Å². The minimum absolute atomic E-state index is 0.0313. The Balaban J connectivity index is 1.87. The predicted octanol–water partition coefficient (Wildman–Crippen LogP) is 4.36. The summed E-state index contributed by atoms with van der Waals surface area (Å²) in [6, 6.07) is 14.6. The highest BCUT2D eigenvalue weighted by atomic mass is 79.9. The Hall–Kier alpha value is -1.52. The third-order valence-electron chi connectivity index (χ3n) is 2.93. The molecule has 0 unspecified atom stereocenters. The summed E-state index contributed by atoms with van der Waals surface area (Å²) in [4.78, 5) is 11.9. The van der Waals surface area contributed by atoms with Gasteiger partial charge in [-0.05, 0) is 42.8 Å². The fourth-order valence-corrected chi connectivity index (χ4v) is 2.62. The third kappa shape index (κ3) is 4.76. The fourth-order valence-electron chi connectivity index (χ4n) is 1.87. The molecule has 3 nitrogen and oxygen atoms in total. The smallest absolute Gasteiger partial charge is 0.258 e. The molecule has 0 saturated heterocycles. The molecular weight excluding hydrogens is 354 g/mol. The lowest BCUT2D eigenvalue weighted by atomic mass is 10.1. The molecular formula is C16H15BrClNO2. The molecule has 0 saturated carbocycles. The zero-order valence-corrected chi connectivity index (χ0v) is 13.8. The summed E-state index contributed by atoms with van der Waals surface area (Å²) in [5.74, 6) is 0.441. The molecule has 2 rings (SSSR count). The number of halogens is 2. The number of carbonyl (C=O) groups is 1. The summed E-state index contributed by atoms with van der Waals surface area (Å²) in [6.45, 7) is 1.90. The van der Waals surface area contributed by atoms with Crippen LogP contribution in [0.4, 0.5) is 0 Å². The minimum atomic E-state index is -0.173. The summed E-state index contributed by atoms with van der Waals surface area (Å²) >= 11 is 9.26. The molecule has 0 aliphatic carbocycles. The van der Waals surface area contributed by atoms with E-state index in [9.17, 15) is 4.79 Å². The lowest BCUT2D eigenvalue weighted by Crippen LogP contribution is -2.31. The number of carbonyl (C=O) groups excluding carboxylic acids is 1. The van der Waals surface area contributed by atoms with Crippen molar-refractivity contribution < 1.29 is 9.53 Å². The van der Waals surface area contributed by atoms with Crippen LogP contribution in [-0.2, 0) is 4.79 Å². The Kier molecular flexibility index (Phi) is 5.65. The highest BCUT2D eigenvalue weighted by molar-refractivity contribution is 9.10. The first-order valence-electron chi connectivity index (χ1n) is 6.48. The first-order chi connectivity index (χ1) is 10.1. The van der Waals surface area contributed by atoms with E-state index in [0.29, 0.717) is 10.8 Å². The second-order valence-corrected chi connectivity index (χ2v) is 5.84. The van der Waals surface area contributed by atoms with E-state index in [1.54, 1.807) is 24.3 Å². The highest BCUT2D eigenvalue weighted by Crippen LogP contribution is 2.22. The summed E-state index contributed by atoms with van der Waals surface area (Å²) in [5.41, 5.74) is 1.03. The maximum absolute atomic E-state index is 11.9. The molecule has 110 valence electrons. The van der Waals surface area contributed by atoms with Gasteiger partial charge in [-0.3, -0.25) is 4.79 Å². The van der Waals surface area contributed by atoms with E-state index in [-0.39, 0.29) is 18.6 Å². The molecule has 1 atom stereocenters. The van der Waals surface area contributed by atoms with Gasteiger partial charge in [0.1, 0.15) is 5.75 Å². The molecule has 0 aromatic heterocycles. The molecule has 2 aromatic rings. The molecule has 0 aliphatic heterocycles. The van der Waals surface area contributed by atoms with E-state index in [2.05, 4.69) is 21.2 Å². The Morgan fingerprint density at radius 3 is 2.57 bits per heavy atom. The van der Waals surface area contributed by atoms with Gasteiger partial charge in [-0.2, -0.15) is 0 Å². The molecule has 2 aromatic carbocycles. The van der Waals surface area contributed by atoms with Crippen LogP contribution in [0.1, 0.15) is 18.5 Å². The standard InChI is InChI=1S/C16H15BrClNO2/c1-11(14-4-2-3-5-15(14)17)19-16(20)10-21-13-8-6-12(18)7-9-13/h2-9,11H,10H2,1H3,(H,19,20)/t11-/m1/s1. The van der Waals surface area contributed by atoms with Gasteiger partial charge in [0.05, 0.1) is 6.04 Å². The van der Waals surface area contributed by atoms with Gasteiger partial charge in [-0.15, -0.1) is 0 Å². The quantitative estimate of drug-likeness (QED) is 0.851. The number of hydrogen-bond acceptors (Lipinski definition) is 2. The van der Waals surface area contributed by atoms with Crippen molar-refractivity contribution in [1.82, 2.24) is 5.32 Å². The first-order valence-corrected chi connectivity index (χ1v) is 7.65. The van der Waals surface area contributed by atoms with Crippen molar-refractivity contribution in [2.24, 2.45) is 0 Å². The number of ether oxygens (including phenoxy) is 1. The molecule has 21 heavy (non-hydrogen) atoms. The van der Waals surface area contributed by atoms with Gasteiger partial charge in [-0.1, -0.05) is 45.7 Å². The summed E-state index contributed by atoms with van der Waals surface area (Å²) < 4.78 is 6.38. The van der Waals surface area contributed by atoms with E-state index in [4.69, 9.17) is 16.3 Å². The van der Waals surface area contributed by atoms with E-state index < -0.39 is 0 Å². The van der Waals surface area contributed by atoms with E-state index >= 15 is 0 Å². The first kappa shape index (κ1) is 15.9. The molecule has 0 radical (unpaired) electrons. The Labute approximate surface area is 137 Å². The van der Waals surface area contributed by atoms with Crippen LogP contribution >= 0.6 is 27.5 Å². The van der Waals surface area contributed by atoms with Crippen LogP contribution in [0.3, 0.4) is 0 Å². The molecule has 0 bridgehead atoms. The van der Waals surface area contributed by atoms with Gasteiger partial charge < -0.3 is 10.1 Å². The van der Waals surface area contributed by atoms with Gasteiger partial charge in [0.15, 0.2) is 6.61 Å².